The number of aliphatic hydroxyl groups is 1. The van der Waals surface area contributed by atoms with Gasteiger partial charge in [0.2, 0.25) is 0 Å². The summed E-state index contributed by atoms with van der Waals surface area (Å²) in [6, 6.07) is 7.65. The van der Waals surface area contributed by atoms with Crippen molar-refractivity contribution in [3.63, 3.8) is 0 Å². The van der Waals surface area contributed by atoms with Crippen LogP contribution in [-0.4, -0.2) is 32.3 Å². The Bertz CT molecular complexity index is 506. The van der Waals surface area contributed by atoms with E-state index in [1.807, 2.05) is 24.3 Å². The number of hydrogen-bond donors (Lipinski definition) is 3. The van der Waals surface area contributed by atoms with Gasteiger partial charge < -0.3 is 15.2 Å². The molecule has 94 valence electrons. The molecule has 18 heavy (non-hydrogen) atoms. The monoisotopic (exact) mass is 246 g/mol. The number of hydrogen-bond acceptors (Lipinski definition) is 3. The predicted molar refractivity (Wildman–Crippen MR) is 66.0 cm³/mol. The average molecular weight is 246 g/mol. The topological polar surface area (TPSA) is 86.2 Å². The van der Waals surface area contributed by atoms with Crippen molar-refractivity contribution in [2.24, 2.45) is 0 Å². The molecule has 5 nitrogen and oxygen atoms in total. The number of nitrogens with one attached hydrogen (secondary N) is 1. The van der Waals surface area contributed by atoms with Gasteiger partial charge in [0.1, 0.15) is 5.82 Å². The highest BCUT2D eigenvalue weighted by Crippen LogP contribution is 2.16. The molecule has 1 atom stereocenters. The molecule has 0 radical (unpaired) electrons. The summed E-state index contributed by atoms with van der Waals surface area (Å²) in [5.41, 5.74) is 1.97. The Hall–Kier alpha value is -2.14. The molecule has 5 heteroatoms. The third kappa shape index (κ3) is 2.95. The minimum Gasteiger partial charge on any atom is -0.479 e. The Morgan fingerprint density at radius 3 is 2.61 bits per heavy atom. The van der Waals surface area contributed by atoms with E-state index in [-0.39, 0.29) is 6.42 Å². The summed E-state index contributed by atoms with van der Waals surface area (Å²) in [7, 11) is 0. The Morgan fingerprint density at radius 2 is 2.06 bits per heavy atom. The summed E-state index contributed by atoms with van der Waals surface area (Å²) in [4.78, 5) is 17.6. The van der Waals surface area contributed by atoms with Gasteiger partial charge in [-0.05, 0) is 18.4 Å². The zero-order valence-corrected chi connectivity index (χ0v) is 9.71. The number of aromatic nitrogens is 2. The van der Waals surface area contributed by atoms with Crippen LogP contribution in [-0.2, 0) is 11.2 Å². The van der Waals surface area contributed by atoms with Crippen molar-refractivity contribution in [3.8, 4) is 11.4 Å². The largest absolute Gasteiger partial charge is 0.479 e. The maximum atomic E-state index is 10.5. The first-order valence-electron chi connectivity index (χ1n) is 5.66. The normalized spacial score (nSPS) is 12.3. The number of H-pyrrole nitrogens is 1. The Labute approximate surface area is 104 Å². The van der Waals surface area contributed by atoms with Crippen molar-refractivity contribution in [1.29, 1.82) is 0 Å². The molecule has 0 bridgehead atoms. The van der Waals surface area contributed by atoms with Crippen LogP contribution in [0.3, 0.4) is 0 Å². The van der Waals surface area contributed by atoms with E-state index < -0.39 is 12.1 Å². The molecular weight excluding hydrogens is 232 g/mol. The molecule has 0 amide bonds. The van der Waals surface area contributed by atoms with Crippen molar-refractivity contribution in [2.75, 3.05) is 0 Å². The van der Waals surface area contributed by atoms with Gasteiger partial charge in [0.15, 0.2) is 6.10 Å². The molecule has 0 fully saturated rings. The maximum absolute atomic E-state index is 10.5. The Kier molecular flexibility index (Phi) is 3.74. The van der Waals surface area contributed by atoms with Crippen LogP contribution in [0.15, 0.2) is 36.7 Å². The summed E-state index contributed by atoms with van der Waals surface area (Å²) in [5.74, 6) is -0.380. The van der Waals surface area contributed by atoms with Gasteiger partial charge in [-0.2, -0.15) is 0 Å². The van der Waals surface area contributed by atoms with Gasteiger partial charge in [-0.1, -0.05) is 24.3 Å². The van der Waals surface area contributed by atoms with E-state index in [2.05, 4.69) is 9.97 Å². The SMILES string of the molecule is O=C(O)C(O)CCc1ccc(-c2ncc[nH]2)cc1. The summed E-state index contributed by atoms with van der Waals surface area (Å²) in [5, 5.41) is 17.7. The highest BCUT2D eigenvalue weighted by Gasteiger charge is 2.12. The van der Waals surface area contributed by atoms with Gasteiger partial charge in [-0.15, -0.1) is 0 Å². The second-order valence-electron chi connectivity index (χ2n) is 4.03. The van der Waals surface area contributed by atoms with Crippen LogP contribution in [0.25, 0.3) is 11.4 Å². The first-order valence-corrected chi connectivity index (χ1v) is 5.66. The lowest BCUT2D eigenvalue weighted by Gasteiger charge is -2.05. The number of rotatable bonds is 5. The van der Waals surface area contributed by atoms with Gasteiger partial charge in [-0.3, -0.25) is 0 Å². The molecular formula is C13H14N2O3. The van der Waals surface area contributed by atoms with Crippen LogP contribution in [0.2, 0.25) is 0 Å². The van der Waals surface area contributed by atoms with E-state index in [0.29, 0.717) is 6.42 Å². The number of carboxylic acids is 1. The van der Waals surface area contributed by atoms with Gasteiger partial charge in [-0.25, -0.2) is 9.78 Å². The van der Waals surface area contributed by atoms with Crippen LogP contribution in [0.5, 0.6) is 0 Å². The quantitative estimate of drug-likeness (QED) is 0.745. The van der Waals surface area contributed by atoms with Crippen LogP contribution < -0.4 is 0 Å². The van der Waals surface area contributed by atoms with E-state index in [4.69, 9.17) is 5.11 Å². The van der Waals surface area contributed by atoms with Gasteiger partial charge in [0.05, 0.1) is 0 Å². The van der Waals surface area contributed by atoms with Crippen molar-refractivity contribution < 1.29 is 15.0 Å². The number of aliphatic hydroxyl groups excluding tert-OH is 1. The predicted octanol–water partition coefficient (Wildman–Crippen LogP) is 1.45. The number of carbonyl (C=O) groups is 1. The van der Waals surface area contributed by atoms with Gasteiger partial charge in [0.25, 0.3) is 0 Å². The number of carboxylic acid groups (broad SMARTS) is 1. The highest BCUT2D eigenvalue weighted by atomic mass is 16.4. The molecule has 2 rings (SSSR count). The van der Waals surface area contributed by atoms with E-state index in [1.54, 1.807) is 12.4 Å². The fourth-order valence-electron chi connectivity index (χ4n) is 1.68. The molecule has 1 unspecified atom stereocenters. The highest BCUT2D eigenvalue weighted by molar-refractivity contribution is 5.71. The lowest BCUT2D eigenvalue weighted by molar-refractivity contribution is -0.146. The molecule has 0 aliphatic rings. The fourth-order valence-corrected chi connectivity index (χ4v) is 1.68. The number of aliphatic carboxylic acids is 1. The molecule has 0 spiro atoms. The average Bonchev–Trinajstić information content (AvgIpc) is 2.90. The summed E-state index contributed by atoms with van der Waals surface area (Å²) in [6.45, 7) is 0. The second-order valence-corrected chi connectivity index (χ2v) is 4.03. The van der Waals surface area contributed by atoms with Gasteiger partial charge >= 0.3 is 5.97 Å². The smallest absolute Gasteiger partial charge is 0.332 e. The minimum atomic E-state index is -1.30. The molecule has 0 aliphatic carbocycles. The maximum Gasteiger partial charge on any atom is 0.332 e. The molecule has 0 saturated heterocycles. The van der Waals surface area contributed by atoms with E-state index in [1.165, 1.54) is 0 Å². The third-order valence-corrected chi connectivity index (χ3v) is 2.72. The third-order valence-electron chi connectivity index (χ3n) is 2.72. The first-order chi connectivity index (χ1) is 8.66. The number of aryl methyl sites for hydroxylation is 1. The standard InChI is InChI=1S/C13H14N2O3/c16-11(13(17)18)6-3-9-1-4-10(5-2-9)12-14-7-8-15-12/h1-2,4-5,7-8,11,16H,3,6H2,(H,14,15)(H,17,18). The van der Waals surface area contributed by atoms with Crippen LogP contribution in [0, 0.1) is 0 Å². The minimum absolute atomic E-state index is 0.218. The van der Waals surface area contributed by atoms with E-state index in [0.717, 1.165) is 17.0 Å². The lowest BCUT2D eigenvalue weighted by atomic mass is 10.0. The van der Waals surface area contributed by atoms with Crippen molar-refractivity contribution in [3.05, 3.63) is 42.2 Å². The molecule has 0 saturated carbocycles. The molecule has 2 aromatic rings. The number of nitrogens with zero attached hydrogens (tertiary/aromatic N) is 1. The molecule has 3 N–H and O–H groups in total. The zero-order chi connectivity index (χ0) is 13.0. The van der Waals surface area contributed by atoms with E-state index in [9.17, 15) is 9.90 Å². The molecule has 1 heterocycles. The number of benzene rings is 1. The zero-order valence-electron chi connectivity index (χ0n) is 9.71. The van der Waals surface area contributed by atoms with Crippen molar-refractivity contribution >= 4 is 5.97 Å². The van der Waals surface area contributed by atoms with Crippen LogP contribution >= 0.6 is 0 Å². The number of imidazole rings is 1. The summed E-state index contributed by atoms with van der Waals surface area (Å²) in [6.07, 6.45) is 2.90. The van der Waals surface area contributed by atoms with Crippen LogP contribution in [0.1, 0.15) is 12.0 Å². The van der Waals surface area contributed by atoms with Gasteiger partial charge in [0, 0.05) is 18.0 Å². The molecule has 0 aliphatic heterocycles. The Morgan fingerprint density at radius 1 is 1.33 bits per heavy atom. The summed E-state index contributed by atoms with van der Waals surface area (Å²) < 4.78 is 0. The van der Waals surface area contributed by atoms with Crippen molar-refractivity contribution in [1.82, 2.24) is 9.97 Å². The fraction of sp³-hybridized carbons (Fsp3) is 0.231. The first kappa shape index (κ1) is 12.3. The second kappa shape index (κ2) is 5.46. The lowest BCUT2D eigenvalue weighted by Crippen LogP contribution is -2.19. The number of aromatic amines is 1. The molecule has 1 aromatic heterocycles. The van der Waals surface area contributed by atoms with E-state index >= 15 is 0 Å². The molecule has 1 aromatic carbocycles. The summed E-state index contributed by atoms with van der Waals surface area (Å²) >= 11 is 0. The van der Waals surface area contributed by atoms with Crippen molar-refractivity contribution in [2.45, 2.75) is 18.9 Å². The Balaban J connectivity index is 1.98. The van der Waals surface area contributed by atoms with Crippen LogP contribution in [0.4, 0.5) is 0 Å².